The fourth-order valence-electron chi connectivity index (χ4n) is 2.55. The predicted molar refractivity (Wildman–Crippen MR) is 103 cm³/mol. The fourth-order valence-corrected chi connectivity index (χ4v) is 2.55. The number of nitrogens with one attached hydrogen (secondary N) is 1. The molecule has 1 N–H and O–H groups in total. The van der Waals surface area contributed by atoms with Crippen LogP contribution in [0.3, 0.4) is 0 Å². The van der Waals surface area contributed by atoms with E-state index in [1.807, 2.05) is 34.6 Å². The summed E-state index contributed by atoms with van der Waals surface area (Å²) < 4.78 is 5.71. The van der Waals surface area contributed by atoms with Gasteiger partial charge in [-0.2, -0.15) is 0 Å². The van der Waals surface area contributed by atoms with E-state index in [-0.39, 0.29) is 11.0 Å². The Morgan fingerprint density at radius 2 is 1.32 bits per heavy atom. The van der Waals surface area contributed by atoms with Crippen LogP contribution in [0.4, 0.5) is 0 Å². The molecule has 0 bridgehead atoms. The van der Waals surface area contributed by atoms with Crippen molar-refractivity contribution in [3.63, 3.8) is 0 Å². The lowest BCUT2D eigenvalue weighted by atomic mass is 9.77. The summed E-state index contributed by atoms with van der Waals surface area (Å²) in [6.07, 6.45) is 4.47. The second kappa shape index (κ2) is 15.4. The average molecular weight is 316 g/mol. The molecule has 0 aromatic heterocycles. The third kappa shape index (κ3) is 10.3. The Labute approximate surface area is 142 Å². The second-order valence-electron chi connectivity index (χ2n) is 5.69. The van der Waals surface area contributed by atoms with Gasteiger partial charge in [0.05, 0.1) is 5.60 Å². The second-order valence-corrected chi connectivity index (χ2v) is 5.69. The van der Waals surface area contributed by atoms with E-state index in [9.17, 15) is 0 Å². The van der Waals surface area contributed by atoms with Crippen LogP contribution in [0.25, 0.3) is 0 Å². The Morgan fingerprint density at radius 1 is 0.909 bits per heavy atom. The van der Waals surface area contributed by atoms with Crippen LogP contribution in [0.5, 0.6) is 0 Å². The van der Waals surface area contributed by atoms with E-state index in [1.54, 1.807) is 0 Å². The first-order chi connectivity index (χ1) is 10.4. The van der Waals surface area contributed by atoms with Crippen LogP contribution in [0, 0.1) is 5.41 Å². The Kier molecular flexibility index (Phi) is 18.5. The molecule has 22 heavy (non-hydrogen) atoms. The topological polar surface area (TPSA) is 21.3 Å². The first-order valence-corrected chi connectivity index (χ1v) is 9.44. The smallest absolute Gasteiger partial charge is 0.0643 e. The van der Waals surface area contributed by atoms with E-state index in [0.29, 0.717) is 0 Å². The van der Waals surface area contributed by atoms with E-state index < -0.39 is 0 Å². The largest absolute Gasteiger partial charge is 0.388 e. The van der Waals surface area contributed by atoms with Crippen LogP contribution in [0.1, 0.15) is 94.9 Å². The lowest BCUT2D eigenvalue weighted by Gasteiger charge is -2.34. The first kappa shape index (κ1) is 26.4. The van der Waals surface area contributed by atoms with Crippen molar-refractivity contribution in [3.05, 3.63) is 12.3 Å². The number of hydrogen-bond acceptors (Lipinski definition) is 2. The quantitative estimate of drug-likeness (QED) is 0.492. The molecule has 0 radical (unpaired) electrons. The van der Waals surface area contributed by atoms with Crippen LogP contribution in [0.2, 0.25) is 0 Å². The minimum Gasteiger partial charge on any atom is -0.388 e. The minimum absolute atomic E-state index is 0.0463. The number of ether oxygens (including phenoxy) is 1. The molecule has 0 aliphatic carbocycles. The summed E-state index contributed by atoms with van der Waals surface area (Å²) in [4.78, 5) is 0. The Hall–Kier alpha value is -0.500. The average Bonchev–Trinajstić information content (AvgIpc) is 2.53. The molecular weight excluding hydrogens is 270 g/mol. The van der Waals surface area contributed by atoms with Crippen LogP contribution in [-0.2, 0) is 4.74 Å². The molecule has 0 saturated carbocycles. The van der Waals surface area contributed by atoms with Gasteiger partial charge in [0.1, 0.15) is 0 Å². The van der Waals surface area contributed by atoms with Gasteiger partial charge in [0, 0.05) is 24.3 Å². The molecule has 0 atom stereocenters. The third-order valence-corrected chi connectivity index (χ3v) is 4.27. The zero-order valence-corrected chi connectivity index (χ0v) is 17.4. The molecule has 0 aliphatic heterocycles. The predicted octanol–water partition coefficient (Wildman–Crippen LogP) is 6.56. The molecule has 0 aliphatic rings. The van der Waals surface area contributed by atoms with Crippen molar-refractivity contribution < 1.29 is 4.74 Å². The van der Waals surface area contributed by atoms with Gasteiger partial charge in [-0.3, -0.25) is 0 Å². The zero-order chi connectivity index (χ0) is 18.2. The van der Waals surface area contributed by atoms with Crippen molar-refractivity contribution in [2.45, 2.75) is 101 Å². The van der Waals surface area contributed by atoms with Gasteiger partial charge in [-0.1, -0.05) is 55.0 Å². The van der Waals surface area contributed by atoms with E-state index in [1.165, 1.54) is 5.70 Å². The molecule has 0 amide bonds. The highest BCUT2D eigenvalue weighted by Crippen LogP contribution is 2.36. The fraction of sp³-hybridized carbons (Fsp3) is 0.900. The van der Waals surface area contributed by atoms with Crippen LogP contribution in [0.15, 0.2) is 12.3 Å². The van der Waals surface area contributed by atoms with Gasteiger partial charge < -0.3 is 10.1 Å². The number of hydrogen-bond donors (Lipinski definition) is 1. The van der Waals surface area contributed by atoms with Gasteiger partial charge in [0.2, 0.25) is 0 Å². The van der Waals surface area contributed by atoms with Gasteiger partial charge in [0.15, 0.2) is 0 Å². The van der Waals surface area contributed by atoms with Crippen molar-refractivity contribution >= 4 is 0 Å². The van der Waals surface area contributed by atoms with Gasteiger partial charge in [-0.25, -0.2) is 0 Å². The molecule has 0 unspecified atom stereocenters. The SMILES string of the molecule is C=C(NCCC(C)(C)OCC)C(CC)(CC)CC.CC.CC. The molecule has 0 fully saturated rings. The molecule has 2 nitrogen and oxygen atoms in total. The molecule has 0 saturated heterocycles. The third-order valence-electron chi connectivity index (χ3n) is 4.27. The maximum Gasteiger partial charge on any atom is 0.0643 e. The summed E-state index contributed by atoms with van der Waals surface area (Å²) in [5, 5.41) is 3.52. The standard InChI is InChI=1S/C16H33NO.2C2H6/c1-8-16(9-2,10-3)14(5)17-13-12-15(6,7)18-11-4;2*1-2/h17H,5,8-13H2,1-4,6-7H3;2*1-2H3. The van der Waals surface area contributed by atoms with Gasteiger partial charge >= 0.3 is 0 Å². The monoisotopic (exact) mass is 315 g/mol. The molecule has 0 aromatic rings. The normalized spacial score (nSPS) is 10.8. The van der Waals surface area contributed by atoms with E-state index in [2.05, 4.69) is 46.5 Å². The van der Waals surface area contributed by atoms with Crippen LogP contribution >= 0.6 is 0 Å². The summed E-state index contributed by atoms with van der Waals surface area (Å²) in [5.74, 6) is 0. The summed E-state index contributed by atoms with van der Waals surface area (Å²) in [6.45, 7) is 27.1. The summed E-state index contributed by atoms with van der Waals surface area (Å²) in [7, 11) is 0. The Balaban J connectivity index is -0.000000826. The van der Waals surface area contributed by atoms with E-state index in [0.717, 1.165) is 38.8 Å². The highest BCUT2D eigenvalue weighted by atomic mass is 16.5. The lowest BCUT2D eigenvalue weighted by Crippen LogP contribution is -2.34. The minimum atomic E-state index is -0.0463. The highest BCUT2D eigenvalue weighted by molar-refractivity contribution is 5.07. The van der Waals surface area contributed by atoms with Gasteiger partial charge in [-0.15, -0.1) is 0 Å². The maximum absolute atomic E-state index is 5.71. The molecule has 2 heteroatoms. The van der Waals surface area contributed by atoms with Crippen molar-refractivity contribution in [3.8, 4) is 0 Å². The molecule has 136 valence electrons. The zero-order valence-electron chi connectivity index (χ0n) is 17.4. The molecule has 0 heterocycles. The molecule has 0 rings (SSSR count). The highest BCUT2D eigenvalue weighted by Gasteiger charge is 2.27. The summed E-state index contributed by atoms with van der Waals surface area (Å²) >= 11 is 0. The van der Waals surface area contributed by atoms with Crippen molar-refractivity contribution in [1.82, 2.24) is 5.32 Å². The van der Waals surface area contributed by atoms with Gasteiger partial charge in [-0.05, 0) is 46.5 Å². The molecule has 0 spiro atoms. The lowest BCUT2D eigenvalue weighted by molar-refractivity contribution is -0.0155. The molecular formula is C20H45NO. The Bertz CT molecular complexity index is 234. The number of allylic oxidation sites excluding steroid dienone is 1. The summed E-state index contributed by atoms with van der Waals surface area (Å²) in [5.41, 5.74) is 1.41. The first-order valence-electron chi connectivity index (χ1n) is 9.44. The van der Waals surface area contributed by atoms with Crippen molar-refractivity contribution in [2.24, 2.45) is 5.41 Å². The van der Waals surface area contributed by atoms with Gasteiger partial charge in [0.25, 0.3) is 0 Å². The van der Waals surface area contributed by atoms with Crippen molar-refractivity contribution in [2.75, 3.05) is 13.2 Å². The van der Waals surface area contributed by atoms with E-state index in [4.69, 9.17) is 4.74 Å². The van der Waals surface area contributed by atoms with Crippen LogP contribution < -0.4 is 5.32 Å². The van der Waals surface area contributed by atoms with Crippen molar-refractivity contribution in [1.29, 1.82) is 0 Å². The maximum atomic E-state index is 5.71. The molecule has 0 aromatic carbocycles. The van der Waals surface area contributed by atoms with Crippen LogP contribution in [-0.4, -0.2) is 18.8 Å². The number of rotatable bonds is 10. The Morgan fingerprint density at radius 3 is 1.64 bits per heavy atom. The van der Waals surface area contributed by atoms with E-state index >= 15 is 0 Å². The summed E-state index contributed by atoms with van der Waals surface area (Å²) in [6, 6.07) is 0.